The third kappa shape index (κ3) is 3.56. The molecule has 1 amide bonds. The average molecular weight is 386 g/mol. The molecular weight excluding hydrogens is 373 g/mol. The standard InChI is InChI=1S/C18H13F3N6O/c19-18(20,21)11-4-3-5-12(8-11)23-16(28)10-27-25-17(24-26-27)14-9-22-15-7-2-1-6-13(14)15/h1-9,22H,10H2,(H,23,28). The quantitative estimate of drug-likeness (QED) is 0.562. The summed E-state index contributed by atoms with van der Waals surface area (Å²) in [5, 5.41) is 15.3. The van der Waals surface area contributed by atoms with Crippen LogP contribution in [0.1, 0.15) is 5.56 Å². The molecule has 0 saturated heterocycles. The number of aromatic amines is 1. The largest absolute Gasteiger partial charge is 0.416 e. The molecule has 142 valence electrons. The Morgan fingerprint density at radius 1 is 1.14 bits per heavy atom. The van der Waals surface area contributed by atoms with E-state index in [2.05, 4.69) is 25.7 Å². The van der Waals surface area contributed by atoms with Gasteiger partial charge in [-0.3, -0.25) is 4.79 Å². The lowest BCUT2D eigenvalue weighted by Gasteiger charge is -2.09. The minimum atomic E-state index is -4.48. The number of para-hydroxylation sites is 1. The molecule has 4 aromatic rings. The Labute approximate surface area is 156 Å². The van der Waals surface area contributed by atoms with E-state index in [0.717, 1.165) is 33.4 Å². The number of hydrogen-bond acceptors (Lipinski definition) is 4. The molecule has 2 heterocycles. The van der Waals surface area contributed by atoms with Gasteiger partial charge in [0.1, 0.15) is 6.54 Å². The molecule has 2 aromatic carbocycles. The lowest BCUT2D eigenvalue weighted by atomic mass is 10.2. The SMILES string of the molecule is O=C(Cn1nnc(-c2c[nH]c3ccccc23)n1)Nc1cccc(C(F)(F)F)c1. The van der Waals surface area contributed by atoms with Gasteiger partial charge in [0.25, 0.3) is 0 Å². The van der Waals surface area contributed by atoms with Crippen molar-refractivity contribution in [2.75, 3.05) is 5.32 Å². The minimum Gasteiger partial charge on any atom is -0.360 e. The van der Waals surface area contributed by atoms with Crippen molar-refractivity contribution in [1.29, 1.82) is 0 Å². The summed E-state index contributed by atoms with van der Waals surface area (Å²) < 4.78 is 38.3. The van der Waals surface area contributed by atoms with Crippen LogP contribution in [0.15, 0.2) is 54.7 Å². The topological polar surface area (TPSA) is 88.5 Å². The summed E-state index contributed by atoms with van der Waals surface area (Å²) in [6.07, 6.45) is -2.74. The Balaban J connectivity index is 1.48. The lowest BCUT2D eigenvalue weighted by Crippen LogP contribution is -2.20. The van der Waals surface area contributed by atoms with Gasteiger partial charge >= 0.3 is 6.18 Å². The number of aromatic nitrogens is 5. The first kappa shape index (κ1) is 17.7. The molecule has 0 aliphatic heterocycles. The van der Waals surface area contributed by atoms with Crippen LogP contribution in [-0.4, -0.2) is 31.1 Å². The first-order valence-corrected chi connectivity index (χ1v) is 8.21. The van der Waals surface area contributed by atoms with E-state index < -0.39 is 17.6 Å². The molecule has 2 aromatic heterocycles. The zero-order valence-electron chi connectivity index (χ0n) is 14.2. The summed E-state index contributed by atoms with van der Waals surface area (Å²) in [7, 11) is 0. The highest BCUT2D eigenvalue weighted by atomic mass is 19.4. The van der Waals surface area contributed by atoms with Gasteiger partial charge in [0.05, 0.1) is 5.56 Å². The van der Waals surface area contributed by atoms with E-state index in [4.69, 9.17) is 0 Å². The fourth-order valence-corrected chi connectivity index (χ4v) is 2.78. The first-order chi connectivity index (χ1) is 13.4. The molecule has 0 spiro atoms. The molecule has 0 saturated carbocycles. The fourth-order valence-electron chi connectivity index (χ4n) is 2.78. The number of anilines is 1. The number of amides is 1. The minimum absolute atomic E-state index is 0.0387. The van der Waals surface area contributed by atoms with Crippen LogP contribution >= 0.6 is 0 Å². The number of nitrogens with one attached hydrogen (secondary N) is 2. The third-order valence-corrected chi connectivity index (χ3v) is 4.04. The fraction of sp³-hybridized carbons (Fsp3) is 0.111. The van der Waals surface area contributed by atoms with Gasteiger partial charge in [-0.05, 0) is 29.5 Å². The van der Waals surface area contributed by atoms with E-state index in [9.17, 15) is 18.0 Å². The van der Waals surface area contributed by atoms with Crippen molar-refractivity contribution in [3.05, 3.63) is 60.3 Å². The van der Waals surface area contributed by atoms with Crippen molar-refractivity contribution in [1.82, 2.24) is 25.2 Å². The van der Waals surface area contributed by atoms with Crippen LogP contribution in [0.4, 0.5) is 18.9 Å². The van der Waals surface area contributed by atoms with Gasteiger partial charge < -0.3 is 10.3 Å². The number of alkyl halides is 3. The van der Waals surface area contributed by atoms with Crippen molar-refractivity contribution in [3.63, 3.8) is 0 Å². The molecule has 0 radical (unpaired) electrons. The van der Waals surface area contributed by atoms with E-state index >= 15 is 0 Å². The van der Waals surface area contributed by atoms with Crippen LogP contribution in [-0.2, 0) is 17.5 Å². The Kier molecular flexibility index (Phi) is 4.30. The van der Waals surface area contributed by atoms with Crippen LogP contribution in [0.2, 0.25) is 0 Å². The number of fused-ring (bicyclic) bond motifs is 1. The summed E-state index contributed by atoms with van der Waals surface area (Å²) in [6.45, 7) is -0.286. The normalized spacial score (nSPS) is 11.7. The zero-order valence-corrected chi connectivity index (χ0v) is 14.2. The van der Waals surface area contributed by atoms with Crippen molar-refractivity contribution in [3.8, 4) is 11.4 Å². The average Bonchev–Trinajstić information content (AvgIpc) is 3.27. The Morgan fingerprint density at radius 3 is 2.79 bits per heavy atom. The molecule has 4 rings (SSSR count). The number of rotatable bonds is 4. The van der Waals surface area contributed by atoms with Crippen molar-refractivity contribution in [2.45, 2.75) is 12.7 Å². The number of carbonyl (C=O) groups excluding carboxylic acids is 1. The van der Waals surface area contributed by atoms with Crippen molar-refractivity contribution in [2.24, 2.45) is 0 Å². The highest BCUT2D eigenvalue weighted by Crippen LogP contribution is 2.30. The highest BCUT2D eigenvalue weighted by Gasteiger charge is 2.30. The molecule has 10 heteroatoms. The molecular formula is C18H13F3N6O. The van der Waals surface area contributed by atoms with E-state index in [0.29, 0.717) is 5.82 Å². The summed E-state index contributed by atoms with van der Waals surface area (Å²) in [6, 6.07) is 12.0. The molecule has 7 nitrogen and oxygen atoms in total. The second-order valence-corrected chi connectivity index (χ2v) is 6.02. The van der Waals surface area contributed by atoms with Gasteiger partial charge in [0, 0.05) is 28.4 Å². The van der Waals surface area contributed by atoms with Gasteiger partial charge in [-0.1, -0.05) is 24.3 Å². The second-order valence-electron chi connectivity index (χ2n) is 6.02. The monoisotopic (exact) mass is 386 g/mol. The third-order valence-electron chi connectivity index (χ3n) is 4.04. The summed E-state index contributed by atoms with van der Waals surface area (Å²) >= 11 is 0. The Morgan fingerprint density at radius 2 is 1.96 bits per heavy atom. The lowest BCUT2D eigenvalue weighted by molar-refractivity contribution is -0.137. The number of hydrogen-bond donors (Lipinski definition) is 2. The van der Waals surface area contributed by atoms with Gasteiger partial charge in [0.15, 0.2) is 0 Å². The molecule has 0 fully saturated rings. The Hall–Kier alpha value is -3.69. The number of H-pyrrole nitrogens is 1. The van der Waals surface area contributed by atoms with Gasteiger partial charge in [-0.15, -0.1) is 10.2 Å². The van der Waals surface area contributed by atoms with E-state index in [-0.39, 0.29) is 12.2 Å². The maximum absolute atomic E-state index is 12.8. The van der Waals surface area contributed by atoms with Crippen LogP contribution in [0.5, 0.6) is 0 Å². The van der Waals surface area contributed by atoms with Crippen LogP contribution in [0.3, 0.4) is 0 Å². The van der Waals surface area contributed by atoms with Gasteiger partial charge in [-0.25, -0.2) is 0 Å². The van der Waals surface area contributed by atoms with Crippen LogP contribution < -0.4 is 5.32 Å². The van der Waals surface area contributed by atoms with Crippen molar-refractivity contribution < 1.29 is 18.0 Å². The smallest absolute Gasteiger partial charge is 0.360 e. The number of nitrogens with zero attached hydrogens (tertiary/aromatic N) is 4. The molecule has 2 N–H and O–H groups in total. The molecule has 0 bridgehead atoms. The van der Waals surface area contributed by atoms with E-state index in [1.807, 2.05) is 24.3 Å². The number of tetrazole rings is 1. The molecule has 0 unspecified atom stereocenters. The van der Waals surface area contributed by atoms with Gasteiger partial charge in [-0.2, -0.15) is 18.0 Å². The van der Waals surface area contributed by atoms with E-state index in [1.165, 1.54) is 12.1 Å². The molecule has 0 aliphatic carbocycles. The summed E-state index contributed by atoms with van der Waals surface area (Å²) in [5.41, 5.74) is 0.846. The maximum atomic E-state index is 12.8. The highest BCUT2D eigenvalue weighted by molar-refractivity contribution is 5.93. The predicted octanol–water partition coefficient (Wildman–Crippen LogP) is 3.48. The Bertz CT molecular complexity index is 1150. The molecule has 0 atom stereocenters. The second kappa shape index (κ2) is 6.80. The number of benzene rings is 2. The van der Waals surface area contributed by atoms with Crippen molar-refractivity contribution >= 4 is 22.5 Å². The first-order valence-electron chi connectivity index (χ1n) is 8.21. The number of carbonyl (C=O) groups is 1. The number of halogens is 3. The predicted molar refractivity (Wildman–Crippen MR) is 95.2 cm³/mol. The summed E-state index contributed by atoms with van der Waals surface area (Å²) in [4.78, 5) is 16.3. The van der Waals surface area contributed by atoms with E-state index in [1.54, 1.807) is 6.20 Å². The zero-order chi connectivity index (χ0) is 19.7. The molecule has 0 aliphatic rings. The molecule has 28 heavy (non-hydrogen) atoms. The van der Waals surface area contributed by atoms with Crippen LogP contribution in [0, 0.1) is 0 Å². The summed E-state index contributed by atoms with van der Waals surface area (Å²) in [5.74, 6) is -0.230. The maximum Gasteiger partial charge on any atom is 0.416 e. The van der Waals surface area contributed by atoms with Crippen LogP contribution in [0.25, 0.3) is 22.3 Å². The van der Waals surface area contributed by atoms with Gasteiger partial charge in [0.2, 0.25) is 11.7 Å².